The summed E-state index contributed by atoms with van der Waals surface area (Å²) in [6, 6.07) is 12.5. The van der Waals surface area contributed by atoms with E-state index in [2.05, 4.69) is 26.5 Å². The summed E-state index contributed by atoms with van der Waals surface area (Å²) in [5.41, 5.74) is 3.78. The van der Waals surface area contributed by atoms with Gasteiger partial charge in [-0.1, -0.05) is 17.7 Å². The molecule has 10 heteroatoms. The Morgan fingerprint density at radius 2 is 1.93 bits per heavy atom. The lowest BCUT2D eigenvalue weighted by Crippen LogP contribution is -2.16. The van der Waals surface area contributed by atoms with E-state index in [4.69, 9.17) is 13.3 Å². The fourth-order valence-corrected chi connectivity index (χ4v) is 3.99. The van der Waals surface area contributed by atoms with Crippen LogP contribution in [-0.2, 0) is 10.1 Å². The molecule has 0 aliphatic rings. The van der Waals surface area contributed by atoms with Gasteiger partial charge in [0.25, 0.3) is 0 Å². The predicted molar refractivity (Wildman–Crippen MR) is 113 cm³/mol. The van der Waals surface area contributed by atoms with Crippen molar-refractivity contribution in [3.63, 3.8) is 0 Å². The van der Waals surface area contributed by atoms with E-state index in [1.807, 2.05) is 6.92 Å². The molecule has 1 amide bonds. The number of halogens is 1. The average Bonchev–Trinajstić information content (AvgIpc) is 3.25. The number of rotatable bonds is 7. The van der Waals surface area contributed by atoms with Gasteiger partial charge in [0.15, 0.2) is 17.3 Å². The normalized spacial score (nSPS) is 11.4. The van der Waals surface area contributed by atoms with Gasteiger partial charge in [-0.05, 0) is 64.8 Å². The van der Waals surface area contributed by atoms with Gasteiger partial charge in [-0.2, -0.15) is 13.5 Å². The topological polar surface area (TPSA) is 107 Å². The van der Waals surface area contributed by atoms with E-state index in [9.17, 15) is 13.2 Å². The molecule has 0 bridgehead atoms. The molecule has 8 nitrogen and oxygen atoms in total. The first-order valence-corrected chi connectivity index (χ1v) is 10.8. The van der Waals surface area contributed by atoms with Crippen LogP contribution in [0.25, 0.3) is 0 Å². The van der Waals surface area contributed by atoms with Crippen LogP contribution < -0.4 is 14.3 Å². The Hall–Kier alpha value is -3.11. The average molecular weight is 493 g/mol. The summed E-state index contributed by atoms with van der Waals surface area (Å²) >= 11 is 3.29. The van der Waals surface area contributed by atoms with Gasteiger partial charge in [0.2, 0.25) is 0 Å². The number of carbonyl (C=O) groups excluding carboxylic acids is 1. The zero-order chi connectivity index (χ0) is 21.7. The minimum absolute atomic E-state index is 0.00477. The zero-order valence-electron chi connectivity index (χ0n) is 16.0. The summed E-state index contributed by atoms with van der Waals surface area (Å²) in [4.78, 5) is 11.8. The lowest BCUT2D eigenvalue weighted by atomic mass is 10.2. The van der Waals surface area contributed by atoms with Crippen LogP contribution in [0.3, 0.4) is 0 Å². The fourth-order valence-electron chi connectivity index (χ4n) is 2.39. The number of nitrogens with one attached hydrogen (secondary N) is 1. The number of amides is 1. The molecule has 1 heterocycles. The number of aryl methyl sites for hydroxylation is 1. The number of nitrogens with zero attached hydrogens (tertiary/aromatic N) is 1. The Morgan fingerprint density at radius 1 is 1.20 bits per heavy atom. The number of hydrazone groups is 1. The molecule has 0 fully saturated rings. The number of hydrogen-bond donors (Lipinski definition) is 1. The van der Waals surface area contributed by atoms with Crippen molar-refractivity contribution in [1.82, 2.24) is 5.43 Å². The van der Waals surface area contributed by atoms with E-state index in [1.165, 1.54) is 43.9 Å². The van der Waals surface area contributed by atoms with Gasteiger partial charge in [0, 0.05) is 0 Å². The van der Waals surface area contributed by atoms with Crippen LogP contribution in [0, 0.1) is 6.92 Å². The number of carbonyl (C=O) groups is 1. The standard InChI is InChI=1S/C20H17BrN2O6S/c1-13-5-7-15(8-6-13)30(25,26)29-19-16(21)10-14(11-18(19)27-2)12-22-23-20(24)17-4-3-9-28-17/h3-12H,1-2H3,(H,23,24)/b22-12-. The molecule has 2 aromatic carbocycles. The largest absolute Gasteiger partial charge is 0.493 e. The first-order chi connectivity index (χ1) is 14.3. The van der Waals surface area contributed by atoms with Crippen LogP contribution in [0.5, 0.6) is 11.5 Å². The first-order valence-electron chi connectivity index (χ1n) is 8.56. The maximum atomic E-state index is 12.6. The van der Waals surface area contributed by atoms with Gasteiger partial charge in [-0.15, -0.1) is 0 Å². The Bertz CT molecular complexity index is 1170. The van der Waals surface area contributed by atoms with Gasteiger partial charge in [-0.3, -0.25) is 4.79 Å². The fraction of sp³-hybridized carbons (Fsp3) is 0.100. The van der Waals surface area contributed by atoms with E-state index in [1.54, 1.807) is 24.3 Å². The van der Waals surface area contributed by atoms with Crippen LogP contribution in [0.2, 0.25) is 0 Å². The van der Waals surface area contributed by atoms with E-state index in [0.29, 0.717) is 10.0 Å². The molecule has 0 saturated carbocycles. The molecule has 30 heavy (non-hydrogen) atoms. The lowest BCUT2D eigenvalue weighted by molar-refractivity contribution is 0.0927. The van der Waals surface area contributed by atoms with Crippen LogP contribution in [0.15, 0.2) is 73.7 Å². The highest BCUT2D eigenvalue weighted by molar-refractivity contribution is 9.10. The molecule has 0 unspecified atom stereocenters. The van der Waals surface area contributed by atoms with Crippen molar-refractivity contribution in [2.24, 2.45) is 5.10 Å². The maximum absolute atomic E-state index is 12.6. The third-order valence-electron chi connectivity index (χ3n) is 3.88. The van der Waals surface area contributed by atoms with Gasteiger partial charge in [0.1, 0.15) is 4.90 Å². The second kappa shape index (κ2) is 9.14. The monoisotopic (exact) mass is 492 g/mol. The summed E-state index contributed by atoms with van der Waals surface area (Å²) in [5.74, 6) is -0.226. The van der Waals surface area contributed by atoms with Crippen LogP contribution in [0.4, 0.5) is 0 Å². The Morgan fingerprint density at radius 3 is 2.57 bits per heavy atom. The van der Waals surface area contributed by atoms with Crippen molar-refractivity contribution in [2.75, 3.05) is 7.11 Å². The molecule has 1 N–H and O–H groups in total. The Balaban J connectivity index is 1.81. The number of ether oxygens (including phenoxy) is 1. The molecule has 0 aliphatic carbocycles. The third-order valence-corrected chi connectivity index (χ3v) is 5.70. The second-order valence-corrected chi connectivity index (χ2v) is 8.46. The summed E-state index contributed by atoms with van der Waals surface area (Å²) in [6.07, 6.45) is 2.75. The number of hydrogen-bond acceptors (Lipinski definition) is 7. The van der Waals surface area contributed by atoms with Crippen molar-refractivity contribution in [2.45, 2.75) is 11.8 Å². The summed E-state index contributed by atoms with van der Waals surface area (Å²) in [5, 5.41) is 3.85. The molecule has 0 saturated heterocycles. The van der Waals surface area contributed by atoms with E-state index >= 15 is 0 Å². The number of methoxy groups -OCH3 is 1. The van der Waals surface area contributed by atoms with Crippen molar-refractivity contribution in [3.8, 4) is 11.5 Å². The molecule has 3 aromatic rings. The SMILES string of the molecule is COc1cc(/C=N\NC(=O)c2ccco2)cc(Br)c1OS(=O)(=O)c1ccc(C)cc1. The minimum atomic E-state index is -4.06. The van der Waals surface area contributed by atoms with Gasteiger partial charge < -0.3 is 13.3 Å². The second-order valence-electron chi connectivity index (χ2n) is 6.06. The van der Waals surface area contributed by atoms with Crippen molar-refractivity contribution >= 4 is 38.2 Å². The Labute approximate surface area is 181 Å². The maximum Gasteiger partial charge on any atom is 0.339 e. The molecular formula is C20H17BrN2O6S. The van der Waals surface area contributed by atoms with Crippen LogP contribution in [-0.4, -0.2) is 27.6 Å². The number of benzene rings is 2. The van der Waals surface area contributed by atoms with Crippen LogP contribution >= 0.6 is 15.9 Å². The van der Waals surface area contributed by atoms with E-state index in [0.717, 1.165) is 5.56 Å². The molecule has 3 rings (SSSR count). The van der Waals surface area contributed by atoms with E-state index < -0.39 is 16.0 Å². The number of furan rings is 1. The lowest BCUT2D eigenvalue weighted by Gasteiger charge is -2.13. The highest BCUT2D eigenvalue weighted by Gasteiger charge is 2.22. The van der Waals surface area contributed by atoms with Gasteiger partial charge in [-0.25, -0.2) is 5.43 Å². The third kappa shape index (κ3) is 5.08. The molecule has 1 aromatic heterocycles. The highest BCUT2D eigenvalue weighted by atomic mass is 79.9. The molecule has 0 aliphatic heterocycles. The molecule has 156 valence electrons. The summed E-state index contributed by atoms with van der Waals surface area (Å²) < 4.78 is 41.1. The molecular weight excluding hydrogens is 476 g/mol. The van der Waals surface area contributed by atoms with Gasteiger partial charge in [0.05, 0.1) is 24.1 Å². The molecule has 0 radical (unpaired) electrons. The first kappa shape index (κ1) is 21.6. The molecule has 0 spiro atoms. The smallest absolute Gasteiger partial charge is 0.339 e. The van der Waals surface area contributed by atoms with E-state index in [-0.39, 0.29) is 22.2 Å². The molecule has 0 atom stereocenters. The minimum Gasteiger partial charge on any atom is -0.493 e. The van der Waals surface area contributed by atoms with Gasteiger partial charge >= 0.3 is 16.0 Å². The highest BCUT2D eigenvalue weighted by Crippen LogP contribution is 2.38. The summed E-state index contributed by atoms with van der Waals surface area (Å²) in [7, 11) is -2.68. The van der Waals surface area contributed by atoms with Crippen molar-refractivity contribution in [3.05, 3.63) is 76.2 Å². The van der Waals surface area contributed by atoms with Crippen molar-refractivity contribution < 1.29 is 26.5 Å². The quantitative estimate of drug-likeness (QED) is 0.304. The zero-order valence-corrected chi connectivity index (χ0v) is 18.4. The van der Waals surface area contributed by atoms with Crippen LogP contribution in [0.1, 0.15) is 21.7 Å². The van der Waals surface area contributed by atoms with Crippen molar-refractivity contribution in [1.29, 1.82) is 0 Å². The Kier molecular flexibility index (Phi) is 6.58. The summed E-state index contributed by atoms with van der Waals surface area (Å²) in [6.45, 7) is 1.86. The predicted octanol–water partition coefficient (Wildman–Crippen LogP) is 3.89.